The van der Waals surface area contributed by atoms with Crippen LogP contribution in [0.15, 0.2) is 53.5 Å². The molecule has 2 aromatic carbocycles. The molecule has 1 heterocycles. The van der Waals surface area contributed by atoms with E-state index in [0.717, 1.165) is 43.5 Å². The zero-order valence-electron chi connectivity index (χ0n) is 17.9. The summed E-state index contributed by atoms with van der Waals surface area (Å²) in [5.74, 6) is 2.57. The minimum atomic E-state index is -0.270. The van der Waals surface area contributed by atoms with Crippen LogP contribution in [0.4, 0.5) is 10.1 Å². The Morgan fingerprint density at radius 2 is 1.97 bits per heavy atom. The summed E-state index contributed by atoms with van der Waals surface area (Å²) in [6, 6.07) is 14.2. The van der Waals surface area contributed by atoms with E-state index >= 15 is 0 Å². The van der Waals surface area contributed by atoms with Gasteiger partial charge in [-0.3, -0.25) is 4.99 Å². The van der Waals surface area contributed by atoms with Gasteiger partial charge < -0.3 is 25.0 Å². The second-order valence-electron chi connectivity index (χ2n) is 7.49. The third-order valence-electron chi connectivity index (χ3n) is 5.20. The van der Waals surface area contributed by atoms with Gasteiger partial charge in [-0.25, -0.2) is 4.39 Å². The SMILES string of the molecule is CN=C(NCC1CCN(c2ccccc2OC)C1)NCC(C)Oc1ccc(F)cc1. The summed E-state index contributed by atoms with van der Waals surface area (Å²) in [5.41, 5.74) is 1.15. The summed E-state index contributed by atoms with van der Waals surface area (Å²) in [4.78, 5) is 6.67. The van der Waals surface area contributed by atoms with Gasteiger partial charge in [-0.2, -0.15) is 0 Å². The van der Waals surface area contributed by atoms with E-state index in [1.807, 2.05) is 25.1 Å². The van der Waals surface area contributed by atoms with Gasteiger partial charge in [0, 0.05) is 26.7 Å². The molecule has 1 aliphatic heterocycles. The average molecular weight is 415 g/mol. The predicted octanol–water partition coefficient (Wildman–Crippen LogP) is 3.29. The molecule has 2 N–H and O–H groups in total. The van der Waals surface area contributed by atoms with Crippen molar-refractivity contribution in [3.63, 3.8) is 0 Å². The molecule has 0 spiro atoms. The number of rotatable bonds is 8. The van der Waals surface area contributed by atoms with Crippen LogP contribution >= 0.6 is 0 Å². The van der Waals surface area contributed by atoms with Crippen LogP contribution in [0.2, 0.25) is 0 Å². The maximum atomic E-state index is 13.0. The van der Waals surface area contributed by atoms with Crippen LogP contribution in [0, 0.1) is 11.7 Å². The molecule has 0 aliphatic carbocycles. The molecule has 2 aromatic rings. The highest BCUT2D eigenvalue weighted by Crippen LogP contribution is 2.31. The van der Waals surface area contributed by atoms with Crippen molar-refractivity contribution in [2.75, 3.05) is 45.2 Å². The Labute approximate surface area is 178 Å². The number of halogens is 1. The Morgan fingerprint density at radius 3 is 2.70 bits per heavy atom. The topological polar surface area (TPSA) is 58.1 Å². The highest BCUT2D eigenvalue weighted by atomic mass is 19.1. The van der Waals surface area contributed by atoms with Crippen molar-refractivity contribution in [3.05, 3.63) is 54.3 Å². The van der Waals surface area contributed by atoms with E-state index in [9.17, 15) is 4.39 Å². The largest absolute Gasteiger partial charge is 0.495 e. The first-order valence-corrected chi connectivity index (χ1v) is 10.3. The fourth-order valence-electron chi connectivity index (χ4n) is 3.60. The Hall–Kier alpha value is -2.96. The maximum absolute atomic E-state index is 13.0. The minimum absolute atomic E-state index is 0.0819. The first kappa shape index (κ1) is 21.7. The number of nitrogens with zero attached hydrogens (tertiary/aromatic N) is 2. The van der Waals surface area contributed by atoms with Crippen molar-refractivity contribution < 1.29 is 13.9 Å². The smallest absolute Gasteiger partial charge is 0.191 e. The number of ether oxygens (including phenoxy) is 2. The summed E-state index contributed by atoms with van der Waals surface area (Å²) >= 11 is 0. The molecule has 7 heteroatoms. The van der Waals surface area contributed by atoms with E-state index in [0.29, 0.717) is 18.2 Å². The second-order valence-corrected chi connectivity index (χ2v) is 7.49. The summed E-state index contributed by atoms with van der Waals surface area (Å²) < 4.78 is 24.3. The van der Waals surface area contributed by atoms with Gasteiger partial charge >= 0.3 is 0 Å². The summed E-state index contributed by atoms with van der Waals surface area (Å²) in [6.45, 7) is 5.40. The molecule has 1 saturated heterocycles. The number of hydrogen-bond donors (Lipinski definition) is 2. The van der Waals surface area contributed by atoms with Crippen LogP contribution in [-0.2, 0) is 0 Å². The lowest BCUT2D eigenvalue weighted by Crippen LogP contribution is -2.43. The van der Waals surface area contributed by atoms with E-state index in [2.05, 4.69) is 26.6 Å². The molecule has 3 rings (SSSR count). The molecule has 0 radical (unpaired) electrons. The number of para-hydroxylation sites is 2. The Kier molecular flexibility index (Phi) is 7.76. The number of methoxy groups -OCH3 is 1. The maximum Gasteiger partial charge on any atom is 0.191 e. The number of hydrogen-bond acceptors (Lipinski definition) is 4. The Bertz CT molecular complexity index is 828. The quantitative estimate of drug-likeness (QED) is 0.513. The Morgan fingerprint density at radius 1 is 1.20 bits per heavy atom. The molecule has 0 amide bonds. The zero-order valence-corrected chi connectivity index (χ0v) is 17.9. The van der Waals surface area contributed by atoms with Crippen LogP contribution in [0.1, 0.15) is 13.3 Å². The Balaban J connectivity index is 1.41. The number of nitrogens with one attached hydrogen (secondary N) is 2. The number of aliphatic imine (C=N–C) groups is 1. The van der Waals surface area contributed by atoms with Crippen molar-refractivity contribution in [2.24, 2.45) is 10.9 Å². The van der Waals surface area contributed by atoms with E-state index < -0.39 is 0 Å². The fraction of sp³-hybridized carbons (Fsp3) is 0.435. The lowest BCUT2D eigenvalue weighted by molar-refractivity contribution is 0.223. The highest BCUT2D eigenvalue weighted by Gasteiger charge is 2.24. The van der Waals surface area contributed by atoms with Gasteiger partial charge in [0.05, 0.1) is 19.3 Å². The van der Waals surface area contributed by atoms with Crippen LogP contribution in [0.25, 0.3) is 0 Å². The van der Waals surface area contributed by atoms with Crippen molar-refractivity contribution >= 4 is 11.6 Å². The first-order valence-electron chi connectivity index (χ1n) is 10.3. The van der Waals surface area contributed by atoms with Crippen LogP contribution in [-0.4, -0.2) is 52.4 Å². The molecule has 2 atom stereocenters. The molecule has 0 aromatic heterocycles. The molecule has 162 valence electrons. The van der Waals surface area contributed by atoms with Crippen molar-refractivity contribution in [2.45, 2.75) is 19.4 Å². The zero-order chi connectivity index (χ0) is 21.3. The third kappa shape index (κ3) is 6.02. The summed E-state index contributed by atoms with van der Waals surface area (Å²) in [7, 11) is 3.47. The molecule has 0 saturated carbocycles. The van der Waals surface area contributed by atoms with Crippen LogP contribution in [0.3, 0.4) is 0 Å². The standard InChI is InChI=1S/C23H31FN4O2/c1-17(30-20-10-8-19(24)9-11-20)14-26-23(25-2)27-15-18-12-13-28(16-18)21-6-4-5-7-22(21)29-3/h4-11,17-18H,12-16H2,1-3H3,(H2,25,26,27). The van der Waals surface area contributed by atoms with E-state index in [4.69, 9.17) is 9.47 Å². The van der Waals surface area contributed by atoms with Gasteiger partial charge in [-0.05, 0) is 55.7 Å². The van der Waals surface area contributed by atoms with Gasteiger partial charge in [0.15, 0.2) is 5.96 Å². The van der Waals surface area contributed by atoms with E-state index in [-0.39, 0.29) is 11.9 Å². The monoisotopic (exact) mass is 414 g/mol. The lowest BCUT2D eigenvalue weighted by Gasteiger charge is -2.22. The average Bonchev–Trinajstić information content (AvgIpc) is 3.24. The summed E-state index contributed by atoms with van der Waals surface area (Å²) in [6.07, 6.45) is 1.04. The molecule has 1 fully saturated rings. The van der Waals surface area contributed by atoms with Crippen molar-refractivity contribution in [3.8, 4) is 11.5 Å². The molecule has 2 unspecified atom stereocenters. The summed E-state index contributed by atoms with van der Waals surface area (Å²) in [5, 5.41) is 6.71. The van der Waals surface area contributed by atoms with Gasteiger partial charge in [-0.1, -0.05) is 12.1 Å². The highest BCUT2D eigenvalue weighted by molar-refractivity contribution is 5.79. The lowest BCUT2D eigenvalue weighted by atomic mass is 10.1. The van der Waals surface area contributed by atoms with Crippen LogP contribution < -0.4 is 25.0 Å². The molecular weight excluding hydrogens is 383 g/mol. The van der Waals surface area contributed by atoms with Gasteiger partial charge in [-0.15, -0.1) is 0 Å². The fourth-order valence-corrected chi connectivity index (χ4v) is 3.60. The van der Waals surface area contributed by atoms with Gasteiger partial charge in [0.2, 0.25) is 0 Å². The molecule has 6 nitrogen and oxygen atoms in total. The molecule has 1 aliphatic rings. The van der Waals surface area contributed by atoms with Gasteiger partial charge in [0.25, 0.3) is 0 Å². The van der Waals surface area contributed by atoms with Crippen molar-refractivity contribution in [1.82, 2.24) is 10.6 Å². The van der Waals surface area contributed by atoms with Crippen LogP contribution in [0.5, 0.6) is 11.5 Å². The first-order chi connectivity index (χ1) is 14.6. The number of guanidine groups is 1. The minimum Gasteiger partial charge on any atom is -0.495 e. The van der Waals surface area contributed by atoms with Crippen molar-refractivity contribution in [1.29, 1.82) is 0 Å². The normalized spacial score (nSPS) is 17.5. The molecule has 30 heavy (non-hydrogen) atoms. The number of benzene rings is 2. The molecule has 0 bridgehead atoms. The van der Waals surface area contributed by atoms with E-state index in [1.54, 1.807) is 26.3 Å². The second kappa shape index (κ2) is 10.7. The van der Waals surface area contributed by atoms with E-state index in [1.165, 1.54) is 12.1 Å². The van der Waals surface area contributed by atoms with Gasteiger partial charge in [0.1, 0.15) is 23.4 Å². The third-order valence-corrected chi connectivity index (χ3v) is 5.20. The predicted molar refractivity (Wildman–Crippen MR) is 119 cm³/mol. The number of anilines is 1. The molecular formula is C23H31FN4O2.